The van der Waals surface area contributed by atoms with Gasteiger partial charge < -0.3 is 19.5 Å². The molecule has 0 spiro atoms. The second-order valence-electron chi connectivity index (χ2n) is 5.55. The fourth-order valence-corrected chi connectivity index (χ4v) is 3.06. The number of hydrogen-bond donors (Lipinski definition) is 2. The molecule has 1 unspecified atom stereocenters. The highest BCUT2D eigenvalue weighted by atomic mass is 79.9. The lowest BCUT2D eigenvalue weighted by Crippen LogP contribution is -2.43. The summed E-state index contributed by atoms with van der Waals surface area (Å²) in [5.41, 5.74) is 0.535. The Bertz CT molecular complexity index is 661. The fraction of sp³-hybridized carbons (Fsp3) is 0.438. The monoisotopic (exact) mass is 381 g/mol. The van der Waals surface area contributed by atoms with Gasteiger partial charge in [-0.05, 0) is 41.1 Å². The Balaban J connectivity index is 1.69. The molecule has 3 heterocycles. The van der Waals surface area contributed by atoms with Gasteiger partial charge in [-0.1, -0.05) is 0 Å². The Morgan fingerprint density at radius 2 is 2.22 bits per heavy atom. The molecule has 1 aliphatic heterocycles. The Kier molecular flexibility index (Phi) is 5.20. The van der Waals surface area contributed by atoms with Crippen LogP contribution in [-0.2, 0) is 4.74 Å². The van der Waals surface area contributed by atoms with Gasteiger partial charge in [0.1, 0.15) is 17.2 Å². The third-order valence-electron chi connectivity index (χ3n) is 3.92. The molecule has 0 bridgehead atoms. The average molecular weight is 382 g/mol. The number of nitrogens with zero attached hydrogens (tertiary/aromatic N) is 1. The molecule has 0 aromatic carbocycles. The van der Waals surface area contributed by atoms with Crippen LogP contribution in [0.3, 0.4) is 0 Å². The topological polar surface area (TPSA) is 70.5 Å². The number of aromatic amines is 1. The third-order valence-corrected chi connectivity index (χ3v) is 4.38. The number of H-pyrrole nitrogens is 1. The van der Waals surface area contributed by atoms with Crippen molar-refractivity contribution in [1.29, 1.82) is 0 Å². The van der Waals surface area contributed by atoms with Crippen LogP contribution in [0.25, 0.3) is 0 Å². The minimum atomic E-state index is -0.128. The molecule has 1 atom stereocenters. The molecule has 3 rings (SSSR count). The summed E-state index contributed by atoms with van der Waals surface area (Å²) in [5, 5.41) is 2.98. The van der Waals surface area contributed by atoms with Crippen molar-refractivity contribution in [3.05, 3.63) is 46.1 Å². The van der Waals surface area contributed by atoms with Gasteiger partial charge in [0.15, 0.2) is 0 Å². The Morgan fingerprint density at radius 1 is 1.43 bits per heavy atom. The number of carbonyl (C=O) groups is 1. The van der Waals surface area contributed by atoms with E-state index in [9.17, 15) is 4.79 Å². The van der Waals surface area contributed by atoms with Crippen molar-refractivity contribution < 1.29 is 13.9 Å². The SMILES string of the molecule is Cc1ccc(C(CNC(=O)c2cc(Br)c[nH]2)N2CCOCC2)o1. The summed E-state index contributed by atoms with van der Waals surface area (Å²) in [4.78, 5) is 17.5. The molecule has 1 fully saturated rings. The number of hydrogen-bond acceptors (Lipinski definition) is 4. The van der Waals surface area contributed by atoms with E-state index in [-0.39, 0.29) is 11.9 Å². The van der Waals surface area contributed by atoms with Gasteiger partial charge in [-0.3, -0.25) is 9.69 Å². The lowest BCUT2D eigenvalue weighted by molar-refractivity contribution is 0.0117. The summed E-state index contributed by atoms with van der Waals surface area (Å²) < 4.78 is 12.1. The van der Waals surface area contributed by atoms with Crippen LogP contribution in [0, 0.1) is 6.92 Å². The quantitative estimate of drug-likeness (QED) is 0.834. The van der Waals surface area contributed by atoms with Crippen molar-refractivity contribution in [3.8, 4) is 0 Å². The normalized spacial score (nSPS) is 17.1. The van der Waals surface area contributed by atoms with Gasteiger partial charge in [0, 0.05) is 30.3 Å². The van der Waals surface area contributed by atoms with Gasteiger partial charge in [-0.2, -0.15) is 0 Å². The van der Waals surface area contributed by atoms with E-state index < -0.39 is 0 Å². The van der Waals surface area contributed by atoms with Gasteiger partial charge in [0.2, 0.25) is 0 Å². The van der Waals surface area contributed by atoms with Crippen molar-refractivity contribution in [1.82, 2.24) is 15.2 Å². The van der Waals surface area contributed by atoms with Crippen LogP contribution in [0.15, 0.2) is 33.3 Å². The lowest BCUT2D eigenvalue weighted by atomic mass is 10.1. The Morgan fingerprint density at radius 3 is 2.83 bits per heavy atom. The van der Waals surface area contributed by atoms with Crippen LogP contribution < -0.4 is 5.32 Å². The second-order valence-corrected chi connectivity index (χ2v) is 6.47. The molecular weight excluding hydrogens is 362 g/mol. The smallest absolute Gasteiger partial charge is 0.267 e. The van der Waals surface area contributed by atoms with E-state index in [0.717, 1.165) is 29.1 Å². The first-order valence-corrected chi connectivity index (χ1v) is 8.43. The van der Waals surface area contributed by atoms with Crippen LogP contribution >= 0.6 is 15.9 Å². The number of amides is 1. The molecule has 23 heavy (non-hydrogen) atoms. The predicted octanol–water partition coefficient (Wildman–Crippen LogP) is 2.48. The van der Waals surface area contributed by atoms with Crippen molar-refractivity contribution in [2.24, 2.45) is 0 Å². The highest BCUT2D eigenvalue weighted by Crippen LogP contribution is 2.23. The molecule has 124 valence electrons. The minimum absolute atomic E-state index is 0.00922. The molecule has 1 saturated heterocycles. The average Bonchev–Trinajstić information content (AvgIpc) is 3.17. The molecule has 1 aliphatic rings. The maximum Gasteiger partial charge on any atom is 0.267 e. The number of morpholine rings is 1. The Hall–Kier alpha value is -1.57. The summed E-state index contributed by atoms with van der Waals surface area (Å²) in [6.45, 7) is 5.47. The Labute approximate surface area is 143 Å². The van der Waals surface area contributed by atoms with E-state index in [2.05, 4.69) is 31.1 Å². The largest absolute Gasteiger partial charge is 0.465 e. The maximum atomic E-state index is 12.2. The van der Waals surface area contributed by atoms with Crippen molar-refractivity contribution in [2.45, 2.75) is 13.0 Å². The molecule has 2 aromatic heterocycles. The number of carbonyl (C=O) groups excluding carboxylic acids is 1. The first-order chi connectivity index (χ1) is 11.1. The molecule has 0 aliphatic carbocycles. The van der Waals surface area contributed by atoms with E-state index in [4.69, 9.17) is 9.15 Å². The zero-order chi connectivity index (χ0) is 16.2. The number of nitrogens with one attached hydrogen (secondary N) is 2. The van der Waals surface area contributed by atoms with Gasteiger partial charge in [0.25, 0.3) is 5.91 Å². The predicted molar refractivity (Wildman–Crippen MR) is 89.4 cm³/mol. The summed E-state index contributed by atoms with van der Waals surface area (Å²) in [7, 11) is 0. The van der Waals surface area contributed by atoms with Gasteiger partial charge in [-0.15, -0.1) is 0 Å². The van der Waals surface area contributed by atoms with Crippen LogP contribution in [0.5, 0.6) is 0 Å². The van der Waals surface area contributed by atoms with E-state index in [1.807, 2.05) is 19.1 Å². The number of aryl methyl sites for hydroxylation is 1. The summed E-state index contributed by atoms with van der Waals surface area (Å²) in [6.07, 6.45) is 1.74. The molecular formula is C16H20BrN3O3. The zero-order valence-electron chi connectivity index (χ0n) is 13.0. The molecule has 0 saturated carbocycles. The number of furan rings is 1. The number of halogens is 1. The highest BCUT2D eigenvalue weighted by Gasteiger charge is 2.26. The molecule has 7 heteroatoms. The van der Waals surface area contributed by atoms with Crippen LogP contribution in [0.2, 0.25) is 0 Å². The second kappa shape index (κ2) is 7.33. The lowest BCUT2D eigenvalue weighted by Gasteiger charge is -2.33. The first kappa shape index (κ1) is 16.3. The first-order valence-electron chi connectivity index (χ1n) is 7.64. The van der Waals surface area contributed by atoms with Crippen LogP contribution in [0.4, 0.5) is 0 Å². The standard InChI is InChI=1S/C16H20BrN3O3/c1-11-2-3-15(23-11)14(20-4-6-22-7-5-20)10-19-16(21)13-8-12(17)9-18-13/h2-3,8-9,14,18H,4-7,10H2,1H3,(H,19,21). The van der Waals surface area contributed by atoms with Gasteiger partial charge in [-0.25, -0.2) is 0 Å². The summed E-state index contributed by atoms with van der Waals surface area (Å²) in [5.74, 6) is 1.62. The third kappa shape index (κ3) is 4.04. The van der Waals surface area contributed by atoms with E-state index in [1.54, 1.807) is 12.3 Å². The van der Waals surface area contributed by atoms with Crippen molar-refractivity contribution >= 4 is 21.8 Å². The number of rotatable bonds is 5. The van der Waals surface area contributed by atoms with Crippen molar-refractivity contribution in [3.63, 3.8) is 0 Å². The molecule has 0 radical (unpaired) electrons. The highest BCUT2D eigenvalue weighted by molar-refractivity contribution is 9.10. The summed E-state index contributed by atoms with van der Waals surface area (Å²) in [6, 6.07) is 5.70. The summed E-state index contributed by atoms with van der Waals surface area (Å²) >= 11 is 3.33. The zero-order valence-corrected chi connectivity index (χ0v) is 14.6. The van der Waals surface area contributed by atoms with Crippen molar-refractivity contribution in [2.75, 3.05) is 32.8 Å². The van der Waals surface area contributed by atoms with Crippen LogP contribution in [0.1, 0.15) is 28.1 Å². The van der Waals surface area contributed by atoms with Crippen LogP contribution in [-0.4, -0.2) is 48.6 Å². The van der Waals surface area contributed by atoms with E-state index in [0.29, 0.717) is 25.5 Å². The molecule has 2 N–H and O–H groups in total. The van der Waals surface area contributed by atoms with Gasteiger partial charge in [0.05, 0.1) is 19.3 Å². The van der Waals surface area contributed by atoms with Gasteiger partial charge >= 0.3 is 0 Å². The fourth-order valence-electron chi connectivity index (χ4n) is 2.71. The molecule has 1 amide bonds. The molecule has 6 nitrogen and oxygen atoms in total. The number of aromatic nitrogens is 1. The maximum absolute atomic E-state index is 12.2. The van der Waals surface area contributed by atoms with E-state index >= 15 is 0 Å². The minimum Gasteiger partial charge on any atom is -0.465 e. The molecule has 2 aromatic rings. The number of ether oxygens (including phenoxy) is 1. The van der Waals surface area contributed by atoms with E-state index in [1.165, 1.54) is 0 Å².